The van der Waals surface area contributed by atoms with Crippen LogP contribution in [0.5, 0.6) is 0 Å². The van der Waals surface area contributed by atoms with Gasteiger partial charge in [0.15, 0.2) is 0 Å². The summed E-state index contributed by atoms with van der Waals surface area (Å²) in [4.78, 5) is 14.0. The van der Waals surface area contributed by atoms with Gasteiger partial charge in [-0.2, -0.15) is 0 Å². The number of carbonyl (C=O) groups excluding carboxylic acids is 1. The Morgan fingerprint density at radius 1 is 1.65 bits per heavy atom. The summed E-state index contributed by atoms with van der Waals surface area (Å²) in [6.45, 7) is 7.32. The molecule has 0 bridgehead atoms. The second-order valence-electron chi connectivity index (χ2n) is 5.44. The van der Waals surface area contributed by atoms with Crippen LogP contribution in [0.2, 0.25) is 0 Å². The molecule has 2 rings (SSSR count). The summed E-state index contributed by atoms with van der Waals surface area (Å²) in [6, 6.07) is 1.81. The van der Waals surface area contributed by atoms with Crippen molar-refractivity contribution in [3.63, 3.8) is 0 Å². The summed E-state index contributed by atoms with van der Waals surface area (Å²) in [7, 11) is 0. The minimum Gasteiger partial charge on any atom is -0.351 e. The van der Waals surface area contributed by atoms with Crippen molar-refractivity contribution >= 4 is 5.91 Å². The summed E-state index contributed by atoms with van der Waals surface area (Å²) in [6.07, 6.45) is 0.825. The maximum Gasteiger partial charge on any atom is 0.292 e. The molecule has 2 N–H and O–H groups in total. The number of nitrogens with two attached hydrogens (primary N) is 1. The van der Waals surface area contributed by atoms with Crippen molar-refractivity contribution in [1.82, 2.24) is 10.1 Å². The molecule has 1 aromatic heterocycles. The van der Waals surface area contributed by atoms with E-state index in [0.717, 1.165) is 12.1 Å². The molecule has 1 unspecified atom stereocenters. The van der Waals surface area contributed by atoms with Gasteiger partial charge in [0, 0.05) is 25.2 Å². The normalized spacial score (nSPS) is 23.8. The van der Waals surface area contributed by atoms with E-state index in [1.54, 1.807) is 17.9 Å². The fourth-order valence-corrected chi connectivity index (χ4v) is 2.17. The van der Waals surface area contributed by atoms with Crippen LogP contribution in [0, 0.1) is 12.3 Å². The van der Waals surface area contributed by atoms with E-state index in [9.17, 15) is 4.79 Å². The number of rotatable bonds is 1. The summed E-state index contributed by atoms with van der Waals surface area (Å²) < 4.78 is 5.00. The molecule has 1 fully saturated rings. The van der Waals surface area contributed by atoms with Crippen molar-refractivity contribution in [2.75, 3.05) is 13.1 Å². The van der Waals surface area contributed by atoms with Gasteiger partial charge in [0.25, 0.3) is 5.91 Å². The molecule has 94 valence electrons. The van der Waals surface area contributed by atoms with E-state index in [4.69, 9.17) is 10.3 Å². The zero-order valence-electron chi connectivity index (χ0n) is 10.6. The van der Waals surface area contributed by atoms with E-state index >= 15 is 0 Å². The molecule has 17 heavy (non-hydrogen) atoms. The van der Waals surface area contributed by atoms with Gasteiger partial charge in [-0.1, -0.05) is 19.0 Å². The van der Waals surface area contributed by atoms with E-state index in [1.807, 2.05) is 0 Å². The van der Waals surface area contributed by atoms with Gasteiger partial charge in [0.05, 0.1) is 5.69 Å². The number of aryl methyl sites for hydroxylation is 1. The van der Waals surface area contributed by atoms with Gasteiger partial charge in [0.1, 0.15) is 0 Å². The Kier molecular flexibility index (Phi) is 2.95. The summed E-state index contributed by atoms with van der Waals surface area (Å²) in [5.74, 6) is 0.222. The van der Waals surface area contributed by atoms with Crippen LogP contribution in [0.1, 0.15) is 36.5 Å². The Labute approximate surface area is 101 Å². The van der Waals surface area contributed by atoms with Crippen molar-refractivity contribution < 1.29 is 9.32 Å². The monoisotopic (exact) mass is 237 g/mol. The first kappa shape index (κ1) is 12.1. The van der Waals surface area contributed by atoms with Gasteiger partial charge in [-0.15, -0.1) is 0 Å². The van der Waals surface area contributed by atoms with E-state index in [1.165, 1.54) is 0 Å². The maximum absolute atomic E-state index is 12.2. The summed E-state index contributed by atoms with van der Waals surface area (Å²) in [5, 5.41) is 3.74. The molecule has 2 heterocycles. The van der Waals surface area contributed by atoms with Crippen LogP contribution in [-0.4, -0.2) is 35.1 Å². The molecule has 1 aliphatic rings. The average molecular weight is 237 g/mol. The zero-order chi connectivity index (χ0) is 12.6. The predicted molar refractivity (Wildman–Crippen MR) is 63.5 cm³/mol. The Morgan fingerprint density at radius 2 is 2.35 bits per heavy atom. The third-order valence-corrected chi connectivity index (χ3v) is 3.44. The Morgan fingerprint density at radius 3 is 2.88 bits per heavy atom. The number of piperidine rings is 1. The molecule has 5 heteroatoms. The van der Waals surface area contributed by atoms with Crippen LogP contribution in [0.3, 0.4) is 0 Å². The second kappa shape index (κ2) is 4.14. The lowest BCUT2D eigenvalue weighted by atomic mass is 9.79. The van der Waals surface area contributed by atoms with Crippen molar-refractivity contribution in [2.45, 2.75) is 33.2 Å². The summed E-state index contributed by atoms with van der Waals surface area (Å²) >= 11 is 0. The lowest BCUT2D eigenvalue weighted by Crippen LogP contribution is -2.53. The number of aromatic nitrogens is 1. The molecule has 1 aromatic rings. The molecule has 1 amide bonds. The first-order valence-corrected chi connectivity index (χ1v) is 5.88. The number of hydrogen-bond donors (Lipinski definition) is 1. The van der Waals surface area contributed by atoms with Crippen LogP contribution in [0.4, 0.5) is 0 Å². The van der Waals surface area contributed by atoms with Crippen LogP contribution in [-0.2, 0) is 0 Å². The van der Waals surface area contributed by atoms with Crippen molar-refractivity contribution in [3.8, 4) is 0 Å². The fourth-order valence-electron chi connectivity index (χ4n) is 2.17. The molecule has 0 radical (unpaired) electrons. The molecule has 1 atom stereocenters. The topological polar surface area (TPSA) is 72.4 Å². The lowest BCUT2D eigenvalue weighted by molar-refractivity contribution is 0.0495. The molecule has 1 saturated heterocycles. The number of nitrogens with zero attached hydrogens (tertiary/aromatic N) is 2. The quantitative estimate of drug-likeness (QED) is 0.796. The lowest BCUT2D eigenvalue weighted by Gasteiger charge is -2.42. The SMILES string of the molecule is Cc1cc(C(=O)N2CCC(N)C(C)(C)C2)on1. The first-order valence-electron chi connectivity index (χ1n) is 5.88. The molecule has 0 aromatic carbocycles. The van der Waals surface area contributed by atoms with Crippen LogP contribution < -0.4 is 5.73 Å². The van der Waals surface area contributed by atoms with Crippen molar-refractivity contribution in [3.05, 3.63) is 17.5 Å². The first-order chi connectivity index (χ1) is 7.90. The average Bonchev–Trinajstić information content (AvgIpc) is 2.68. The van der Waals surface area contributed by atoms with Crippen LogP contribution in [0.25, 0.3) is 0 Å². The highest BCUT2D eigenvalue weighted by molar-refractivity contribution is 5.91. The van der Waals surface area contributed by atoms with Gasteiger partial charge in [-0.25, -0.2) is 0 Å². The van der Waals surface area contributed by atoms with E-state index < -0.39 is 0 Å². The Bertz CT molecular complexity index is 425. The van der Waals surface area contributed by atoms with Crippen molar-refractivity contribution in [2.24, 2.45) is 11.1 Å². The molecule has 5 nitrogen and oxygen atoms in total. The van der Waals surface area contributed by atoms with Gasteiger partial charge in [-0.05, 0) is 18.8 Å². The molecule has 0 aliphatic carbocycles. The minimum absolute atomic E-state index is 0.0526. The van der Waals surface area contributed by atoms with Gasteiger partial charge in [0.2, 0.25) is 5.76 Å². The minimum atomic E-state index is -0.0921. The molecule has 0 saturated carbocycles. The highest BCUT2D eigenvalue weighted by Crippen LogP contribution is 2.28. The second-order valence-corrected chi connectivity index (χ2v) is 5.44. The molecular weight excluding hydrogens is 218 g/mol. The Hall–Kier alpha value is -1.36. The standard InChI is InChI=1S/C12H19N3O2/c1-8-6-9(17-14-8)11(16)15-5-4-10(13)12(2,3)7-15/h6,10H,4-5,7,13H2,1-3H3. The highest BCUT2D eigenvalue weighted by Gasteiger charge is 2.36. The molecular formula is C12H19N3O2. The third kappa shape index (κ3) is 2.34. The van der Waals surface area contributed by atoms with Gasteiger partial charge >= 0.3 is 0 Å². The van der Waals surface area contributed by atoms with Crippen LogP contribution >= 0.6 is 0 Å². The molecule has 0 spiro atoms. The largest absolute Gasteiger partial charge is 0.351 e. The van der Waals surface area contributed by atoms with E-state index in [-0.39, 0.29) is 17.4 Å². The van der Waals surface area contributed by atoms with Gasteiger partial charge < -0.3 is 15.2 Å². The maximum atomic E-state index is 12.2. The van der Waals surface area contributed by atoms with E-state index in [2.05, 4.69) is 19.0 Å². The highest BCUT2D eigenvalue weighted by atomic mass is 16.5. The number of carbonyl (C=O) groups is 1. The predicted octanol–water partition coefficient (Wildman–Crippen LogP) is 1.18. The smallest absolute Gasteiger partial charge is 0.292 e. The zero-order valence-corrected chi connectivity index (χ0v) is 10.6. The third-order valence-electron chi connectivity index (χ3n) is 3.44. The number of amides is 1. The van der Waals surface area contributed by atoms with E-state index in [0.29, 0.717) is 18.8 Å². The number of likely N-dealkylation sites (tertiary alicyclic amines) is 1. The Balaban J connectivity index is 2.11. The molecule has 1 aliphatic heterocycles. The van der Waals surface area contributed by atoms with Gasteiger partial charge in [-0.3, -0.25) is 4.79 Å². The fraction of sp³-hybridized carbons (Fsp3) is 0.667. The van der Waals surface area contributed by atoms with Crippen LogP contribution in [0.15, 0.2) is 10.6 Å². The summed E-state index contributed by atoms with van der Waals surface area (Å²) in [5.41, 5.74) is 6.71. The van der Waals surface area contributed by atoms with Crippen molar-refractivity contribution in [1.29, 1.82) is 0 Å². The number of hydrogen-bond acceptors (Lipinski definition) is 4.